The summed E-state index contributed by atoms with van der Waals surface area (Å²) in [4.78, 5) is 24.4. The average molecular weight is 854 g/mol. The number of carbonyl (C=O) groups excluding carboxylic acids is 2. The van der Waals surface area contributed by atoms with Crippen LogP contribution in [0.3, 0.4) is 0 Å². The largest absolute Gasteiger partial charge is 0.466 e. The number of amides is 1. The first-order valence-electron chi connectivity index (χ1n) is 26.1. The van der Waals surface area contributed by atoms with Gasteiger partial charge < -0.3 is 20.3 Å². The lowest BCUT2D eigenvalue weighted by molar-refractivity contribution is -0.143. The minimum Gasteiger partial charge on any atom is -0.466 e. The van der Waals surface area contributed by atoms with Crippen LogP contribution in [0.15, 0.2) is 60.8 Å². The van der Waals surface area contributed by atoms with Gasteiger partial charge in [0.15, 0.2) is 0 Å². The van der Waals surface area contributed by atoms with Gasteiger partial charge in [-0.05, 0) is 89.9 Å². The Hall–Kier alpha value is -2.44. The molecule has 0 heterocycles. The Kier molecular flexibility index (Phi) is 48.2. The van der Waals surface area contributed by atoms with Crippen LogP contribution in [-0.4, -0.2) is 47.4 Å². The van der Waals surface area contributed by atoms with Crippen LogP contribution in [0.5, 0.6) is 0 Å². The fourth-order valence-electron chi connectivity index (χ4n) is 7.46. The van der Waals surface area contributed by atoms with E-state index in [1.807, 2.05) is 6.08 Å². The Morgan fingerprint density at radius 2 is 0.885 bits per heavy atom. The topological polar surface area (TPSA) is 95.9 Å². The summed E-state index contributed by atoms with van der Waals surface area (Å²) in [5, 5.41) is 23.0. The van der Waals surface area contributed by atoms with Gasteiger partial charge in [-0.1, -0.05) is 209 Å². The van der Waals surface area contributed by atoms with Crippen LogP contribution in [0.2, 0.25) is 0 Å². The molecule has 0 aliphatic heterocycles. The van der Waals surface area contributed by atoms with Crippen LogP contribution in [-0.2, 0) is 14.3 Å². The molecule has 0 aromatic heterocycles. The molecule has 0 aromatic carbocycles. The predicted molar refractivity (Wildman–Crippen MR) is 264 cm³/mol. The molecule has 354 valence electrons. The molecule has 0 spiro atoms. The van der Waals surface area contributed by atoms with Crippen molar-refractivity contribution < 1.29 is 24.5 Å². The summed E-state index contributed by atoms with van der Waals surface area (Å²) in [5.41, 5.74) is 0. The zero-order chi connectivity index (χ0) is 44.4. The Morgan fingerprint density at radius 1 is 0.475 bits per heavy atom. The first-order valence-corrected chi connectivity index (χ1v) is 26.1. The highest BCUT2D eigenvalue weighted by Gasteiger charge is 2.18. The summed E-state index contributed by atoms with van der Waals surface area (Å²) < 4.78 is 5.43. The quantitative estimate of drug-likeness (QED) is 0.0245. The second-order valence-corrected chi connectivity index (χ2v) is 17.5. The van der Waals surface area contributed by atoms with Gasteiger partial charge in [-0.2, -0.15) is 0 Å². The molecule has 2 unspecified atom stereocenters. The molecule has 3 N–H and O–H groups in total. The summed E-state index contributed by atoms with van der Waals surface area (Å²) in [6.45, 7) is 4.78. The number of unbranched alkanes of at least 4 members (excludes halogenated alkanes) is 29. The lowest BCUT2D eigenvalue weighted by Crippen LogP contribution is -2.45. The van der Waals surface area contributed by atoms with Gasteiger partial charge >= 0.3 is 5.97 Å². The second kappa shape index (κ2) is 50.2. The average Bonchev–Trinajstić information content (AvgIpc) is 3.26. The molecule has 0 saturated heterocycles. The highest BCUT2D eigenvalue weighted by atomic mass is 16.5. The van der Waals surface area contributed by atoms with E-state index in [1.165, 1.54) is 135 Å². The number of hydrogen-bond donors (Lipinski definition) is 3. The Balaban J connectivity index is 3.58. The number of nitrogens with one attached hydrogen (secondary N) is 1. The summed E-state index contributed by atoms with van der Waals surface area (Å²) >= 11 is 0. The van der Waals surface area contributed by atoms with Crippen molar-refractivity contribution in [2.24, 2.45) is 0 Å². The molecule has 1 amide bonds. The first-order chi connectivity index (χ1) is 30.0. The van der Waals surface area contributed by atoms with Crippen LogP contribution in [0.25, 0.3) is 0 Å². The van der Waals surface area contributed by atoms with Crippen LogP contribution >= 0.6 is 0 Å². The van der Waals surface area contributed by atoms with Crippen molar-refractivity contribution in [3.05, 3.63) is 60.8 Å². The number of rotatable bonds is 47. The van der Waals surface area contributed by atoms with Gasteiger partial charge in [0, 0.05) is 12.8 Å². The van der Waals surface area contributed by atoms with Crippen molar-refractivity contribution in [1.82, 2.24) is 5.32 Å². The van der Waals surface area contributed by atoms with E-state index in [2.05, 4.69) is 67.8 Å². The van der Waals surface area contributed by atoms with E-state index >= 15 is 0 Å². The van der Waals surface area contributed by atoms with Crippen molar-refractivity contribution in [2.45, 2.75) is 264 Å². The third-order valence-electron chi connectivity index (χ3n) is 11.5. The van der Waals surface area contributed by atoms with Gasteiger partial charge in [-0.15, -0.1) is 0 Å². The maximum absolute atomic E-state index is 12.4. The number of ether oxygens (including phenoxy) is 1. The summed E-state index contributed by atoms with van der Waals surface area (Å²) in [6.07, 6.45) is 63.6. The minimum absolute atomic E-state index is 0.0386. The molecule has 0 rings (SSSR count). The third kappa shape index (κ3) is 46.9. The lowest BCUT2D eigenvalue weighted by atomic mass is 10.0. The van der Waals surface area contributed by atoms with E-state index in [9.17, 15) is 19.8 Å². The van der Waals surface area contributed by atoms with Crippen molar-refractivity contribution in [1.29, 1.82) is 0 Å². The van der Waals surface area contributed by atoms with Gasteiger partial charge in [0.2, 0.25) is 5.91 Å². The van der Waals surface area contributed by atoms with Crippen LogP contribution in [0.4, 0.5) is 0 Å². The number of aliphatic hydroxyl groups is 2. The van der Waals surface area contributed by atoms with Crippen LogP contribution < -0.4 is 5.32 Å². The smallest absolute Gasteiger partial charge is 0.305 e. The second-order valence-electron chi connectivity index (χ2n) is 17.5. The van der Waals surface area contributed by atoms with E-state index in [0.717, 1.165) is 89.9 Å². The van der Waals surface area contributed by atoms with E-state index < -0.39 is 12.1 Å². The summed E-state index contributed by atoms with van der Waals surface area (Å²) in [6, 6.07) is -0.646. The van der Waals surface area contributed by atoms with Gasteiger partial charge in [-0.3, -0.25) is 9.59 Å². The maximum atomic E-state index is 12.4. The molecule has 6 nitrogen and oxygen atoms in total. The van der Waals surface area contributed by atoms with Gasteiger partial charge in [0.25, 0.3) is 0 Å². The maximum Gasteiger partial charge on any atom is 0.305 e. The molecule has 0 aromatic rings. The molecule has 6 heteroatoms. The number of aliphatic hydroxyl groups excluding tert-OH is 2. The molecule has 0 saturated carbocycles. The fourth-order valence-corrected chi connectivity index (χ4v) is 7.46. The minimum atomic E-state index is -0.860. The Bertz CT molecular complexity index is 1080. The van der Waals surface area contributed by atoms with E-state index in [4.69, 9.17) is 4.74 Å². The Morgan fingerprint density at radius 3 is 1.39 bits per heavy atom. The molecular weight excluding hydrogens is 755 g/mol. The van der Waals surface area contributed by atoms with Crippen molar-refractivity contribution >= 4 is 11.9 Å². The molecule has 0 aliphatic rings. The monoisotopic (exact) mass is 854 g/mol. The SMILES string of the molecule is CCCC/C=C\C/C=C\CCCCCCCC(=O)OCCCCC/C=C\C=C/CCCCCCCCC(=O)NC(CO)C(O)/C=C/CCCCCCCCCCCCCCC. The van der Waals surface area contributed by atoms with Gasteiger partial charge in [-0.25, -0.2) is 0 Å². The number of esters is 1. The standard InChI is InChI=1S/C55H99NO5/c1-3-5-7-9-11-13-15-17-20-23-27-31-35-39-43-47-53(58)52(51-57)56-54(59)48-44-40-36-32-28-24-21-19-22-26-30-34-38-42-46-50-61-55(60)49-45-41-37-33-29-25-18-16-14-12-10-8-6-4-2/h10,12,16,18-19,22,26,30,43,47,52-53,57-58H,3-9,11,13-15,17,20-21,23-25,27-29,31-42,44-46,48-51H2,1-2H3,(H,56,59)/b12-10-,18-16-,22-19-,30-26-,47-43+. The predicted octanol–water partition coefficient (Wildman–Crippen LogP) is 15.6. The summed E-state index contributed by atoms with van der Waals surface area (Å²) in [7, 11) is 0. The zero-order valence-corrected chi connectivity index (χ0v) is 40.1. The molecule has 0 aliphatic carbocycles. The van der Waals surface area contributed by atoms with Crippen molar-refractivity contribution in [2.75, 3.05) is 13.2 Å². The number of hydrogen-bond acceptors (Lipinski definition) is 5. The third-order valence-corrected chi connectivity index (χ3v) is 11.5. The van der Waals surface area contributed by atoms with Crippen molar-refractivity contribution in [3.8, 4) is 0 Å². The van der Waals surface area contributed by atoms with Crippen LogP contribution in [0, 0.1) is 0 Å². The normalized spacial score (nSPS) is 13.2. The van der Waals surface area contributed by atoms with Crippen molar-refractivity contribution in [3.63, 3.8) is 0 Å². The van der Waals surface area contributed by atoms with Gasteiger partial charge in [0.05, 0.1) is 25.4 Å². The van der Waals surface area contributed by atoms with E-state index in [0.29, 0.717) is 19.4 Å². The summed E-state index contributed by atoms with van der Waals surface area (Å²) in [5.74, 6) is -0.131. The highest BCUT2D eigenvalue weighted by Crippen LogP contribution is 2.14. The molecular formula is C55H99NO5. The molecule has 2 atom stereocenters. The highest BCUT2D eigenvalue weighted by molar-refractivity contribution is 5.76. The van der Waals surface area contributed by atoms with Crippen LogP contribution in [0.1, 0.15) is 251 Å². The number of carbonyl (C=O) groups is 2. The zero-order valence-electron chi connectivity index (χ0n) is 40.1. The number of allylic oxidation sites excluding steroid dienone is 9. The van der Waals surface area contributed by atoms with E-state index in [1.54, 1.807) is 6.08 Å². The first kappa shape index (κ1) is 58.6. The van der Waals surface area contributed by atoms with Gasteiger partial charge in [0.1, 0.15) is 0 Å². The fraction of sp³-hybridized carbons (Fsp3) is 0.782. The molecule has 0 fully saturated rings. The molecule has 0 bridgehead atoms. The molecule has 61 heavy (non-hydrogen) atoms. The molecule has 0 radical (unpaired) electrons. The Labute approximate surface area is 378 Å². The lowest BCUT2D eigenvalue weighted by Gasteiger charge is -2.20. The van der Waals surface area contributed by atoms with E-state index in [-0.39, 0.29) is 18.5 Å².